The van der Waals surface area contributed by atoms with Crippen molar-refractivity contribution in [2.45, 2.75) is 129 Å². The Bertz CT molecular complexity index is 653. The van der Waals surface area contributed by atoms with Crippen LogP contribution in [-0.4, -0.2) is 68.5 Å². The number of aliphatic hydroxyl groups is 1. The number of rotatable bonds is 26. The SMILES string of the molecule is CCCCCC/C=C/C(O)C(COP(=O)([O-])OCC[N+](C)(C)C)NC(=O)CCCCCCCCCCCC. The summed E-state index contributed by atoms with van der Waals surface area (Å²) in [7, 11) is 1.25. The standard InChI is InChI=1S/C29H59N2O6P/c1-6-8-10-12-14-15-16-17-19-21-23-29(33)30-27(28(32)22-20-18-13-11-9-7-2)26-37-38(34,35)36-25-24-31(3,4)5/h20,22,27-28,32H,6-19,21,23-26H2,1-5H3,(H-,30,33,34,35)/b22-20+. The molecule has 0 fully saturated rings. The highest BCUT2D eigenvalue weighted by molar-refractivity contribution is 7.45. The van der Waals surface area contributed by atoms with E-state index < -0.39 is 20.0 Å². The fourth-order valence-corrected chi connectivity index (χ4v) is 4.69. The van der Waals surface area contributed by atoms with Gasteiger partial charge in [0.15, 0.2) is 0 Å². The van der Waals surface area contributed by atoms with Gasteiger partial charge in [-0.05, 0) is 19.3 Å². The Labute approximate surface area is 233 Å². The van der Waals surface area contributed by atoms with Gasteiger partial charge in [-0.25, -0.2) is 0 Å². The first-order valence-electron chi connectivity index (χ1n) is 15.1. The highest BCUT2D eigenvalue weighted by Gasteiger charge is 2.23. The largest absolute Gasteiger partial charge is 0.756 e. The fraction of sp³-hybridized carbons (Fsp3) is 0.897. The number of unbranched alkanes of at least 4 members (excludes halogenated alkanes) is 13. The molecule has 0 aromatic carbocycles. The lowest BCUT2D eigenvalue weighted by molar-refractivity contribution is -0.870. The lowest BCUT2D eigenvalue weighted by atomic mass is 10.1. The maximum Gasteiger partial charge on any atom is 0.268 e. The van der Waals surface area contributed by atoms with Crippen molar-refractivity contribution in [2.75, 3.05) is 40.9 Å². The molecule has 0 aromatic rings. The van der Waals surface area contributed by atoms with E-state index in [0.717, 1.165) is 44.9 Å². The molecule has 3 unspecified atom stereocenters. The summed E-state index contributed by atoms with van der Waals surface area (Å²) in [4.78, 5) is 24.8. The number of quaternary nitrogens is 1. The summed E-state index contributed by atoms with van der Waals surface area (Å²) in [5.41, 5.74) is 0. The molecule has 0 heterocycles. The lowest BCUT2D eigenvalue weighted by Gasteiger charge is -2.29. The van der Waals surface area contributed by atoms with Gasteiger partial charge in [0.2, 0.25) is 5.91 Å². The summed E-state index contributed by atoms with van der Waals surface area (Å²) < 4.78 is 22.8. The Morgan fingerprint density at radius 1 is 0.895 bits per heavy atom. The molecular formula is C29H59N2O6P. The number of nitrogens with one attached hydrogen (secondary N) is 1. The minimum atomic E-state index is -4.55. The minimum absolute atomic E-state index is 0.000258. The van der Waals surface area contributed by atoms with E-state index >= 15 is 0 Å². The number of phosphoric acid groups is 1. The Hall–Kier alpha value is -0.760. The molecule has 0 spiro atoms. The molecule has 0 bridgehead atoms. The number of carbonyl (C=O) groups is 1. The second-order valence-corrected chi connectivity index (χ2v) is 12.9. The van der Waals surface area contributed by atoms with Crippen LogP contribution in [0.3, 0.4) is 0 Å². The summed E-state index contributed by atoms with van der Waals surface area (Å²) in [6, 6.07) is -0.873. The first-order valence-corrected chi connectivity index (χ1v) is 16.5. The zero-order valence-electron chi connectivity index (χ0n) is 25.1. The van der Waals surface area contributed by atoms with E-state index in [9.17, 15) is 19.4 Å². The molecule has 0 aliphatic rings. The summed E-state index contributed by atoms with van der Waals surface area (Å²) in [6.07, 6.45) is 19.9. The molecular weight excluding hydrogens is 503 g/mol. The van der Waals surface area contributed by atoms with Crippen LogP contribution < -0.4 is 10.2 Å². The molecule has 226 valence electrons. The third-order valence-corrected chi connectivity index (χ3v) is 7.46. The molecule has 0 rings (SSSR count). The molecule has 0 aliphatic carbocycles. The van der Waals surface area contributed by atoms with E-state index in [4.69, 9.17) is 9.05 Å². The molecule has 2 N–H and O–H groups in total. The predicted octanol–water partition coefficient (Wildman–Crippen LogP) is 5.88. The van der Waals surface area contributed by atoms with E-state index in [1.807, 2.05) is 27.2 Å². The van der Waals surface area contributed by atoms with E-state index in [1.54, 1.807) is 6.08 Å². The third kappa shape index (κ3) is 24.3. The zero-order chi connectivity index (χ0) is 28.7. The minimum Gasteiger partial charge on any atom is -0.756 e. The van der Waals surface area contributed by atoms with Gasteiger partial charge in [-0.15, -0.1) is 0 Å². The van der Waals surface area contributed by atoms with Crippen LogP contribution in [0.15, 0.2) is 12.2 Å². The van der Waals surface area contributed by atoms with Crippen molar-refractivity contribution in [3.05, 3.63) is 12.2 Å². The van der Waals surface area contributed by atoms with Gasteiger partial charge in [-0.3, -0.25) is 9.36 Å². The molecule has 0 aliphatic heterocycles. The number of nitrogens with zero attached hydrogens (tertiary/aromatic N) is 1. The molecule has 0 radical (unpaired) electrons. The second kappa shape index (κ2) is 23.0. The number of hydrogen-bond donors (Lipinski definition) is 2. The molecule has 0 saturated carbocycles. The summed E-state index contributed by atoms with van der Waals surface area (Å²) in [6.45, 7) is 4.50. The van der Waals surface area contributed by atoms with Crippen LogP contribution in [0.25, 0.3) is 0 Å². The fourth-order valence-electron chi connectivity index (χ4n) is 3.97. The quantitative estimate of drug-likeness (QED) is 0.0590. The Balaban J connectivity index is 4.61. The molecule has 38 heavy (non-hydrogen) atoms. The van der Waals surface area contributed by atoms with E-state index in [-0.39, 0.29) is 19.1 Å². The highest BCUT2D eigenvalue weighted by atomic mass is 31.2. The van der Waals surface area contributed by atoms with Crippen LogP contribution in [0.4, 0.5) is 0 Å². The monoisotopic (exact) mass is 562 g/mol. The van der Waals surface area contributed by atoms with Gasteiger partial charge in [0.25, 0.3) is 7.82 Å². The number of phosphoric ester groups is 1. The van der Waals surface area contributed by atoms with Gasteiger partial charge in [0, 0.05) is 6.42 Å². The van der Waals surface area contributed by atoms with Crippen LogP contribution >= 0.6 is 7.82 Å². The molecule has 0 aromatic heterocycles. The van der Waals surface area contributed by atoms with Crippen molar-refractivity contribution in [3.8, 4) is 0 Å². The zero-order valence-corrected chi connectivity index (χ0v) is 26.0. The normalized spacial score (nSPS) is 15.4. The van der Waals surface area contributed by atoms with Gasteiger partial charge in [-0.2, -0.15) is 0 Å². The number of allylic oxidation sites excluding steroid dienone is 1. The first-order chi connectivity index (χ1) is 18.0. The van der Waals surface area contributed by atoms with Crippen molar-refractivity contribution >= 4 is 13.7 Å². The molecule has 9 heteroatoms. The number of amides is 1. The van der Waals surface area contributed by atoms with Gasteiger partial charge >= 0.3 is 0 Å². The Morgan fingerprint density at radius 3 is 1.97 bits per heavy atom. The van der Waals surface area contributed by atoms with Crippen LogP contribution in [0.2, 0.25) is 0 Å². The number of likely N-dealkylation sites (N-methyl/N-ethyl adjacent to an activating group) is 1. The summed E-state index contributed by atoms with van der Waals surface area (Å²) in [5.74, 6) is -0.208. The van der Waals surface area contributed by atoms with Gasteiger partial charge < -0.3 is 28.8 Å². The van der Waals surface area contributed by atoms with E-state index in [0.29, 0.717) is 17.4 Å². The number of carbonyl (C=O) groups excluding carboxylic acids is 1. The predicted molar refractivity (Wildman–Crippen MR) is 155 cm³/mol. The average molecular weight is 563 g/mol. The van der Waals surface area contributed by atoms with Crippen molar-refractivity contribution in [1.29, 1.82) is 0 Å². The summed E-state index contributed by atoms with van der Waals surface area (Å²) >= 11 is 0. The van der Waals surface area contributed by atoms with Crippen molar-refractivity contribution in [2.24, 2.45) is 0 Å². The van der Waals surface area contributed by atoms with Crippen molar-refractivity contribution < 1.29 is 32.9 Å². The highest BCUT2D eigenvalue weighted by Crippen LogP contribution is 2.38. The lowest BCUT2D eigenvalue weighted by Crippen LogP contribution is -2.45. The van der Waals surface area contributed by atoms with Crippen LogP contribution in [-0.2, 0) is 18.4 Å². The molecule has 0 saturated heterocycles. The van der Waals surface area contributed by atoms with E-state index in [1.165, 1.54) is 51.4 Å². The first kappa shape index (κ1) is 37.2. The maximum atomic E-state index is 12.6. The van der Waals surface area contributed by atoms with Crippen molar-refractivity contribution in [1.82, 2.24) is 5.32 Å². The van der Waals surface area contributed by atoms with Crippen LogP contribution in [0.1, 0.15) is 117 Å². The molecule has 8 nitrogen and oxygen atoms in total. The molecule has 3 atom stereocenters. The number of hydrogen-bond acceptors (Lipinski definition) is 6. The summed E-state index contributed by atoms with van der Waals surface area (Å²) in [5, 5.41) is 13.4. The van der Waals surface area contributed by atoms with Gasteiger partial charge in [-0.1, -0.05) is 103 Å². The smallest absolute Gasteiger partial charge is 0.268 e. The Kier molecular flexibility index (Phi) is 22.5. The van der Waals surface area contributed by atoms with Crippen LogP contribution in [0.5, 0.6) is 0 Å². The third-order valence-electron chi connectivity index (χ3n) is 6.50. The average Bonchev–Trinajstić information content (AvgIpc) is 2.84. The van der Waals surface area contributed by atoms with Crippen LogP contribution in [0, 0.1) is 0 Å². The maximum absolute atomic E-state index is 12.6. The van der Waals surface area contributed by atoms with Gasteiger partial charge in [0.05, 0.1) is 39.9 Å². The Morgan fingerprint density at radius 2 is 1.42 bits per heavy atom. The molecule has 1 amide bonds. The van der Waals surface area contributed by atoms with E-state index in [2.05, 4.69) is 19.2 Å². The number of aliphatic hydroxyl groups excluding tert-OH is 1. The topological polar surface area (TPSA) is 108 Å². The second-order valence-electron chi connectivity index (χ2n) is 11.5. The van der Waals surface area contributed by atoms with Gasteiger partial charge in [0.1, 0.15) is 13.2 Å². The van der Waals surface area contributed by atoms with Crippen molar-refractivity contribution in [3.63, 3.8) is 0 Å².